The summed E-state index contributed by atoms with van der Waals surface area (Å²) in [5.74, 6) is 0.646. The van der Waals surface area contributed by atoms with Crippen LogP contribution >= 0.6 is 0 Å². The normalized spacial score (nSPS) is 21.1. The van der Waals surface area contributed by atoms with Crippen molar-refractivity contribution in [1.29, 1.82) is 0 Å². The molecule has 1 N–H and O–H groups in total. The first-order chi connectivity index (χ1) is 9.20. The summed E-state index contributed by atoms with van der Waals surface area (Å²) in [6.07, 6.45) is 1.19. The monoisotopic (exact) mass is 262 g/mol. The van der Waals surface area contributed by atoms with Crippen molar-refractivity contribution in [3.8, 4) is 0 Å². The molecule has 1 fully saturated rings. The predicted octanol–water partition coefficient (Wildman–Crippen LogP) is 2.62. The summed E-state index contributed by atoms with van der Waals surface area (Å²) in [6.45, 7) is 8.12. The maximum absolute atomic E-state index is 5.49. The van der Waals surface area contributed by atoms with Crippen LogP contribution in [-0.4, -0.2) is 39.4 Å². The number of morpholine rings is 1. The SMILES string of the molecule is CCC(C)c1ccc(N(C)CC2COCCN2)cc1. The molecule has 2 unspecified atom stereocenters. The molecule has 0 bridgehead atoms. The van der Waals surface area contributed by atoms with Gasteiger partial charge in [-0.25, -0.2) is 0 Å². The molecule has 2 rings (SSSR count). The smallest absolute Gasteiger partial charge is 0.0637 e. The molecule has 1 aromatic rings. The van der Waals surface area contributed by atoms with E-state index in [-0.39, 0.29) is 0 Å². The maximum Gasteiger partial charge on any atom is 0.0637 e. The zero-order valence-electron chi connectivity index (χ0n) is 12.4. The second kappa shape index (κ2) is 6.92. The van der Waals surface area contributed by atoms with Gasteiger partial charge in [0.25, 0.3) is 0 Å². The number of ether oxygens (including phenoxy) is 1. The summed E-state index contributed by atoms with van der Waals surface area (Å²) in [5.41, 5.74) is 2.71. The minimum atomic E-state index is 0.438. The summed E-state index contributed by atoms with van der Waals surface area (Å²) in [5, 5.41) is 3.49. The van der Waals surface area contributed by atoms with Gasteiger partial charge in [0.05, 0.1) is 13.2 Å². The minimum Gasteiger partial charge on any atom is -0.378 e. The van der Waals surface area contributed by atoms with Gasteiger partial charge in [0, 0.05) is 31.9 Å². The third-order valence-corrected chi connectivity index (χ3v) is 4.01. The van der Waals surface area contributed by atoms with Crippen LogP contribution in [0, 0.1) is 0 Å². The van der Waals surface area contributed by atoms with Crippen LogP contribution in [0.1, 0.15) is 31.7 Å². The van der Waals surface area contributed by atoms with Gasteiger partial charge in [-0.15, -0.1) is 0 Å². The number of benzene rings is 1. The van der Waals surface area contributed by atoms with Crippen molar-refractivity contribution < 1.29 is 4.74 Å². The van der Waals surface area contributed by atoms with E-state index in [2.05, 4.69) is 55.4 Å². The molecule has 0 spiro atoms. The average Bonchev–Trinajstić information content (AvgIpc) is 2.47. The van der Waals surface area contributed by atoms with Crippen molar-refractivity contribution in [3.05, 3.63) is 29.8 Å². The molecule has 1 aromatic carbocycles. The van der Waals surface area contributed by atoms with E-state index in [9.17, 15) is 0 Å². The van der Waals surface area contributed by atoms with Gasteiger partial charge in [-0.3, -0.25) is 0 Å². The van der Waals surface area contributed by atoms with E-state index >= 15 is 0 Å². The molecular weight excluding hydrogens is 236 g/mol. The molecule has 1 aliphatic rings. The molecule has 1 saturated heterocycles. The van der Waals surface area contributed by atoms with Crippen LogP contribution in [0.4, 0.5) is 5.69 Å². The number of rotatable bonds is 5. The van der Waals surface area contributed by atoms with Crippen molar-refractivity contribution >= 4 is 5.69 Å². The van der Waals surface area contributed by atoms with E-state index in [1.807, 2.05) is 0 Å². The Morgan fingerprint density at radius 3 is 2.68 bits per heavy atom. The Bertz CT molecular complexity index is 371. The lowest BCUT2D eigenvalue weighted by Crippen LogP contribution is -2.47. The second-order valence-corrected chi connectivity index (χ2v) is 5.51. The molecule has 3 nitrogen and oxygen atoms in total. The lowest BCUT2D eigenvalue weighted by Gasteiger charge is -2.29. The maximum atomic E-state index is 5.49. The number of nitrogens with one attached hydrogen (secondary N) is 1. The van der Waals surface area contributed by atoms with Gasteiger partial charge in [0.1, 0.15) is 0 Å². The van der Waals surface area contributed by atoms with Gasteiger partial charge in [-0.1, -0.05) is 26.0 Å². The molecule has 2 atom stereocenters. The van der Waals surface area contributed by atoms with Crippen LogP contribution in [0.5, 0.6) is 0 Å². The Labute approximate surface area is 116 Å². The number of anilines is 1. The zero-order chi connectivity index (χ0) is 13.7. The van der Waals surface area contributed by atoms with Crippen molar-refractivity contribution in [2.45, 2.75) is 32.2 Å². The molecule has 0 radical (unpaired) electrons. The van der Waals surface area contributed by atoms with Crippen molar-refractivity contribution in [1.82, 2.24) is 5.32 Å². The summed E-state index contributed by atoms with van der Waals surface area (Å²) in [6, 6.07) is 9.40. The van der Waals surface area contributed by atoms with E-state index in [1.165, 1.54) is 17.7 Å². The molecule has 0 aromatic heterocycles. The quantitative estimate of drug-likeness (QED) is 0.883. The van der Waals surface area contributed by atoms with Crippen LogP contribution in [0.15, 0.2) is 24.3 Å². The highest BCUT2D eigenvalue weighted by atomic mass is 16.5. The van der Waals surface area contributed by atoms with Gasteiger partial charge in [-0.05, 0) is 30.0 Å². The van der Waals surface area contributed by atoms with Crippen molar-refractivity contribution in [2.24, 2.45) is 0 Å². The summed E-state index contributed by atoms with van der Waals surface area (Å²) in [7, 11) is 2.15. The first-order valence-corrected chi connectivity index (χ1v) is 7.33. The third kappa shape index (κ3) is 3.95. The van der Waals surface area contributed by atoms with Gasteiger partial charge in [0.2, 0.25) is 0 Å². The Hall–Kier alpha value is -1.06. The van der Waals surface area contributed by atoms with Gasteiger partial charge in [0.15, 0.2) is 0 Å². The fourth-order valence-corrected chi connectivity index (χ4v) is 2.47. The molecule has 0 amide bonds. The Balaban J connectivity index is 1.93. The highest BCUT2D eigenvalue weighted by Gasteiger charge is 2.15. The number of hydrogen-bond donors (Lipinski definition) is 1. The fourth-order valence-electron chi connectivity index (χ4n) is 2.47. The summed E-state index contributed by atoms with van der Waals surface area (Å²) < 4.78 is 5.49. The highest BCUT2D eigenvalue weighted by Crippen LogP contribution is 2.22. The lowest BCUT2D eigenvalue weighted by molar-refractivity contribution is 0.0791. The first kappa shape index (κ1) is 14.4. The van der Waals surface area contributed by atoms with Crippen LogP contribution in [0.2, 0.25) is 0 Å². The molecule has 3 heteroatoms. The fraction of sp³-hybridized carbons (Fsp3) is 0.625. The minimum absolute atomic E-state index is 0.438. The first-order valence-electron chi connectivity index (χ1n) is 7.33. The van der Waals surface area contributed by atoms with E-state index in [0.29, 0.717) is 12.0 Å². The predicted molar refractivity (Wildman–Crippen MR) is 81.0 cm³/mol. The Kier molecular flexibility index (Phi) is 5.23. The second-order valence-electron chi connectivity index (χ2n) is 5.51. The van der Waals surface area contributed by atoms with Gasteiger partial charge < -0.3 is 15.0 Å². The Morgan fingerprint density at radius 1 is 1.37 bits per heavy atom. The average molecular weight is 262 g/mol. The number of hydrogen-bond acceptors (Lipinski definition) is 3. The molecule has 1 heterocycles. The topological polar surface area (TPSA) is 24.5 Å². The third-order valence-electron chi connectivity index (χ3n) is 4.01. The van der Waals surface area contributed by atoms with Crippen molar-refractivity contribution in [3.63, 3.8) is 0 Å². The van der Waals surface area contributed by atoms with Crippen LogP contribution in [0.3, 0.4) is 0 Å². The molecule has 0 aliphatic carbocycles. The highest BCUT2D eigenvalue weighted by molar-refractivity contribution is 5.47. The molecule has 1 aliphatic heterocycles. The molecule has 106 valence electrons. The molecule has 0 saturated carbocycles. The van der Waals surface area contributed by atoms with E-state index in [0.717, 1.165) is 26.3 Å². The lowest BCUT2D eigenvalue weighted by atomic mass is 9.98. The number of nitrogens with zero attached hydrogens (tertiary/aromatic N) is 1. The molecular formula is C16H26N2O. The van der Waals surface area contributed by atoms with Crippen LogP contribution < -0.4 is 10.2 Å². The van der Waals surface area contributed by atoms with Crippen molar-refractivity contribution in [2.75, 3.05) is 38.3 Å². The van der Waals surface area contributed by atoms with E-state index < -0.39 is 0 Å². The van der Waals surface area contributed by atoms with Crippen LogP contribution in [0.25, 0.3) is 0 Å². The van der Waals surface area contributed by atoms with Gasteiger partial charge in [-0.2, -0.15) is 0 Å². The standard InChI is InChI=1S/C16H26N2O/c1-4-13(2)14-5-7-16(8-6-14)18(3)11-15-12-19-10-9-17-15/h5-8,13,15,17H,4,9-12H2,1-3H3. The largest absolute Gasteiger partial charge is 0.378 e. The number of likely N-dealkylation sites (N-methyl/N-ethyl adjacent to an activating group) is 1. The summed E-state index contributed by atoms with van der Waals surface area (Å²) in [4.78, 5) is 2.30. The van der Waals surface area contributed by atoms with E-state index in [1.54, 1.807) is 0 Å². The Morgan fingerprint density at radius 2 is 2.11 bits per heavy atom. The van der Waals surface area contributed by atoms with Crippen LogP contribution in [-0.2, 0) is 4.74 Å². The van der Waals surface area contributed by atoms with E-state index in [4.69, 9.17) is 4.74 Å². The molecule has 19 heavy (non-hydrogen) atoms. The summed E-state index contributed by atoms with van der Waals surface area (Å²) >= 11 is 0. The zero-order valence-corrected chi connectivity index (χ0v) is 12.4. The van der Waals surface area contributed by atoms with Gasteiger partial charge >= 0.3 is 0 Å².